The Balaban J connectivity index is 2.79. The minimum absolute atomic E-state index is 0.240. The molecule has 0 radical (unpaired) electrons. The fourth-order valence-electron chi connectivity index (χ4n) is 1.35. The van der Waals surface area contributed by atoms with Gasteiger partial charge in [-0.15, -0.1) is 0 Å². The van der Waals surface area contributed by atoms with Gasteiger partial charge in [-0.3, -0.25) is 4.79 Å². The van der Waals surface area contributed by atoms with Crippen LogP contribution in [0.15, 0.2) is 23.8 Å². The molecule has 1 heteroatoms. The summed E-state index contributed by atoms with van der Waals surface area (Å²) >= 11 is 0. The van der Waals surface area contributed by atoms with E-state index in [-0.39, 0.29) is 11.2 Å². The van der Waals surface area contributed by atoms with Gasteiger partial charge in [0.1, 0.15) is 0 Å². The molecule has 0 aromatic rings. The molecule has 0 saturated carbocycles. The molecule has 1 nitrogen and oxygen atoms in total. The molecule has 0 unspecified atom stereocenters. The molecule has 1 aliphatic carbocycles. The second-order valence-corrected chi connectivity index (χ2v) is 4.41. The second kappa shape index (κ2) is 2.89. The van der Waals surface area contributed by atoms with E-state index in [0.29, 0.717) is 0 Å². The summed E-state index contributed by atoms with van der Waals surface area (Å²) in [5, 5.41) is 0. The number of rotatable bonds is 1. The summed E-state index contributed by atoms with van der Waals surface area (Å²) in [6.45, 7) is 9.71. The van der Waals surface area contributed by atoms with Crippen LogP contribution in [-0.4, -0.2) is 5.78 Å². The molecular formula is C11H16O. The van der Waals surface area contributed by atoms with Crippen molar-refractivity contribution in [2.45, 2.75) is 33.6 Å². The summed E-state index contributed by atoms with van der Waals surface area (Å²) in [4.78, 5) is 11.7. The molecule has 0 fully saturated rings. The van der Waals surface area contributed by atoms with E-state index in [1.54, 1.807) is 0 Å². The van der Waals surface area contributed by atoms with Crippen molar-refractivity contribution in [2.24, 2.45) is 5.41 Å². The summed E-state index contributed by atoms with van der Waals surface area (Å²) in [5.41, 5.74) is 1.80. The summed E-state index contributed by atoms with van der Waals surface area (Å²) in [6, 6.07) is 0. The number of ketones is 1. The molecule has 0 aliphatic heterocycles. The van der Waals surface area contributed by atoms with Crippen LogP contribution in [0.5, 0.6) is 0 Å². The smallest absolute Gasteiger partial charge is 0.164 e. The van der Waals surface area contributed by atoms with E-state index in [4.69, 9.17) is 0 Å². The first-order chi connectivity index (χ1) is 5.41. The van der Waals surface area contributed by atoms with Crippen molar-refractivity contribution in [2.75, 3.05) is 0 Å². The lowest BCUT2D eigenvalue weighted by atomic mass is 9.86. The third kappa shape index (κ3) is 1.84. The van der Waals surface area contributed by atoms with Crippen LogP contribution < -0.4 is 0 Å². The molecule has 0 saturated heterocycles. The maximum absolute atomic E-state index is 11.7. The minimum atomic E-state index is -0.240. The Morgan fingerprint density at radius 2 is 2.00 bits per heavy atom. The van der Waals surface area contributed by atoms with Crippen LogP contribution in [0.3, 0.4) is 0 Å². The molecule has 1 aliphatic rings. The van der Waals surface area contributed by atoms with Crippen LogP contribution in [0.1, 0.15) is 33.6 Å². The van der Waals surface area contributed by atoms with Crippen LogP contribution in [0, 0.1) is 5.41 Å². The number of hydrogen-bond acceptors (Lipinski definition) is 1. The van der Waals surface area contributed by atoms with Gasteiger partial charge in [-0.1, -0.05) is 39.0 Å². The quantitative estimate of drug-likeness (QED) is 0.582. The average molecular weight is 164 g/mol. The molecule has 0 aromatic heterocycles. The Hall–Kier alpha value is -0.850. The highest BCUT2D eigenvalue weighted by Gasteiger charge is 2.26. The summed E-state index contributed by atoms with van der Waals surface area (Å²) in [6.07, 6.45) is 3.78. The number of allylic oxidation sites excluding steroid dienone is 3. The van der Waals surface area contributed by atoms with Crippen LogP contribution in [0.4, 0.5) is 0 Å². The Labute approximate surface area is 74.2 Å². The van der Waals surface area contributed by atoms with Crippen LogP contribution >= 0.6 is 0 Å². The standard InChI is InChI=1S/C11H16O/c1-8-5-6-9(7-8)10(12)11(2,3)4/h7H,1,5-6H2,2-4H3. The molecule has 1 rings (SSSR count). The lowest BCUT2D eigenvalue weighted by molar-refractivity contribution is -0.122. The second-order valence-electron chi connectivity index (χ2n) is 4.41. The Morgan fingerprint density at radius 1 is 1.42 bits per heavy atom. The fourth-order valence-corrected chi connectivity index (χ4v) is 1.35. The van der Waals surface area contributed by atoms with Gasteiger partial charge in [0.15, 0.2) is 5.78 Å². The predicted molar refractivity (Wildman–Crippen MR) is 50.9 cm³/mol. The third-order valence-electron chi connectivity index (χ3n) is 2.07. The minimum Gasteiger partial charge on any atom is -0.294 e. The van der Waals surface area contributed by atoms with Crippen molar-refractivity contribution in [3.63, 3.8) is 0 Å². The zero-order valence-corrected chi connectivity index (χ0v) is 8.11. The van der Waals surface area contributed by atoms with Crippen molar-refractivity contribution in [1.29, 1.82) is 0 Å². The van der Waals surface area contributed by atoms with E-state index in [9.17, 15) is 4.79 Å². The lowest BCUT2D eigenvalue weighted by Gasteiger charge is -2.16. The van der Waals surface area contributed by atoms with Gasteiger partial charge < -0.3 is 0 Å². The van der Waals surface area contributed by atoms with Gasteiger partial charge >= 0.3 is 0 Å². The van der Waals surface area contributed by atoms with Crippen molar-refractivity contribution in [3.05, 3.63) is 23.8 Å². The summed E-state index contributed by atoms with van der Waals surface area (Å²) in [5.74, 6) is 0.265. The van der Waals surface area contributed by atoms with Crippen molar-refractivity contribution in [3.8, 4) is 0 Å². The van der Waals surface area contributed by atoms with E-state index >= 15 is 0 Å². The monoisotopic (exact) mass is 164 g/mol. The number of Topliss-reactive ketones (excluding diaryl/α,β-unsaturated/α-hetero) is 1. The molecule has 0 amide bonds. The third-order valence-corrected chi connectivity index (χ3v) is 2.07. The molecule has 66 valence electrons. The molecule has 0 N–H and O–H groups in total. The van der Waals surface area contributed by atoms with Gasteiger partial charge in [-0.2, -0.15) is 0 Å². The van der Waals surface area contributed by atoms with Gasteiger partial charge in [0.2, 0.25) is 0 Å². The number of hydrogen-bond donors (Lipinski definition) is 0. The maximum Gasteiger partial charge on any atom is 0.164 e. The van der Waals surface area contributed by atoms with Gasteiger partial charge in [-0.05, 0) is 18.4 Å². The van der Waals surface area contributed by atoms with Crippen LogP contribution in [-0.2, 0) is 4.79 Å². The van der Waals surface area contributed by atoms with E-state index in [2.05, 4.69) is 6.58 Å². The van der Waals surface area contributed by atoms with Crippen molar-refractivity contribution >= 4 is 5.78 Å². The maximum atomic E-state index is 11.7. The number of carbonyl (C=O) groups excluding carboxylic acids is 1. The zero-order valence-electron chi connectivity index (χ0n) is 8.11. The Morgan fingerprint density at radius 3 is 2.33 bits per heavy atom. The van der Waals surface area contributed by atoms with Crippen molar-refractivity contribution < 1.29 is 4.79 Å². The first-order valence-electron chi connectivity index (χ1n) is 4.34. The first kappa shape index (κ1) is 9.24. The fraction of sp³-hybridized carbons (Fsp3) is 0.545. The highest BCUT2D eigenvalue weighted by atomic mass is 16.1. The molecule has 0 aromatic carbocycles. The van der Waals surface area contributed by atoms with E-state index in [1.165, 1.54) is 0 Å². The van der Waals surface area contributed by atoms with Gasteiger partial charge in [0, 0.05) is 5.41 Å². The highest BCUT2D eigenvalue weighted by Crippen LogP contribution is 2.29. The van der Waals surface area contributed by atoms with E-state index in [1.807, 2.05) is 26.8 Å². The van der Waals surface area contributed by atoms with Gasteiger partial charge in [-0.25, -0.2) is 0 Å². The molecular weight excluding hydrogens is 148 g/mol. The molecule has 0 atom stereocenters. The highest BCUT2D eigenvalue weighted by molar-refractivity contribution is 6.00. The SMILES string of the molecule is C=C1C=C(C(=O)C(C)(C)C)CC1. The normalized spacial score (nSPS) is 17.9. The van der Waals surface area contributed by atoms with Crippen molar-refractivity contribution in [1.82, 2.24) is 0 Å². The Kier molecular flexibility index (Phi) is 2.22. The summed E-state index contributed by atoms with van der Waals surface area (Å²) < 4.78 is 0. The van der Waals surface area contributed by atoms with E-state index < -0.39 is 0 Å². The average Bonchev–Trinajstić information content (AvgIpc) is 2.32. The first-order valence-corrected chi connectivity index (χ1v) is 4.34. The lowest BCUT2D eigenvalue weighted by Crippen LogP contribution is -2.21. The van der Waals surface area contributed by atoms with Gasteiger partial charge in [0.25, 0.3) is 0 Å². The predicted octanol–water partition coefficient (Wildman–Crippen LogP) is 2.88. The number of carbonyl (C=O) groups is 1. The molecule has 12 heavy (non-hydrogen) atoms. The molecule has 0 bridgehead atoms. The summed E-state index contributed by atoms with van der Waals surface area (Å²) in [7, 11) is 0. The molecule has 0 heterocycles. The zero-order chi connectivity index (χ0) is 9.35. The largest absolute Gasteiger partial charge is 0.294 e. The Bertz CT molecular complexity index is 251. The molecule has 0 spiro atoms. The van der Waals surface area contributed by atoms with Crippen LogP contribution in [0.2, 0.25) is 0 Å². The van der Waals surface area contributed by atoms with Crippen LogP contribution in [0.25, 0.3) is 0 Å². The van der Waals surface area contributed by atoms with Gasteiger partial charge in [0.05, 0.1) is 0 Å². The topological polar surface area (TPSA) is 17.1 Å². The van der Waals surface area contributed by atoms with E-state index in [0.717, 1.165) is 24.0 Å².